The number of carbonyl (C=O) groups is 2. The van der Waals surface area contributed by atoms with Gasteiger partial charge in [0.15, 0.2) is 17.4 Å². The molecule has 2 aliphatic rings. The van der Waals surface area contributed by atoms with Crippen LogP contribution >= 0.6 is 0 Å². The lowest BCUT2D eigenvalue weighted by molar-refractivity contribution is -0.137. The Morgan fingerprint density at radius 1 is 0.969 bits per heavy atom. The van der Waals surface area contributed by atoms with Crippen LogP contribution in [0.5, 0.6) is 0 Å². The van der Waals surface area contributed by atoms with Crippen molar-refractivity contribution >= 4 is 17.4 Å². The molecule has 0 atom stereocenters. The molecule has 9 heteroatoms. The van der Waals surface area contributed by atoms with Crippen molar-refractivity contribution in [2.24, 2.45) is 4.99 Å². The average Bonchev–Trinajstić information content (AvgIpc) is 3.01. The number of aliphatic imine (C=N–C) groups is 1. The first kappa shape index (κ1) is 22.1. The fraction of sp³-hybridized carbons (Fsp3) is 0.348. The molecule has 168 valence electrons. The van der Waals surface area contributed by atoms with Gasteiger partial charge in [0.05, 0.1) is 12.1 Å². The number of alkyl halides is 3. The monoisotopic (exact) mass is 450 g/mol. The Bertz CT molecular complexity index is 1090. The first-order chi connectivity index (χ1) is 15.1. The van der Waals surface area contributed by atoms with Crippen molar-refractivity contribution in [3.8, 4) is 0 Å². The van der Waals surface area contributed by atoms with Crippen molar-refractivity contribution in [3.63, 3.8) is 0 Å². The van der Waals surface area contributed by atoms with E-state index in [0.29, 0.717) is 12.8 Å². The molecule has 1 heterocycles. The maximum Gasteiger partial charge on any atom is 0.416 e. The van der Waals surface area contributed by atoms with Crippen LogP contribution < -0.4 is 0 Å². The molecule has 4 rings (SSSR count). The molecule has 1 spiro atoms. The van der Waals surface area contributed by atoms with E-state index in [4.69, 9.17) is 0 Å². The van der Waals surface area contributed by atoms with Gasteiger partial charge in [-0.15, -0.1) is 0 Å². The smallest absolute Gasteiger partial charge is 0.305 e. The fourth-order valence-corrected chi connectivity index (χ4v) is 4.26. The number of nitrogens with zero attached hydrogens (tertiary/aromatic N) is 2. The van der Waals surface area contributed by atoms with Gasteiger partial charge in [-0.1, -0.05) is 18.6 Å². The van der Waals surface area contributed by atoms with Gasteiger partial charge in [-0.05, 0) is 56.0 Å². The molecule has 0 saturated heterocycles. The quantitative estimate of drug-likeness (QED) is 0.477. The number of carbonyl (C=O) groups excluding carboxylic acids is 2. The molecule has 1 fully saturated rings. The summed E-state index contributed by atoms with van der Waals surface area (Å²) >= 11 is 0. The minimum atomic E-state index is -4.51. The molecule has 0 N–H and O–H groups in total. The molecule has 2 aromatic carbocycles. The number of rotatable bonds is 4. The molecule has 1 aliphatic carbocycles. The maximum atomic E-state index is 13.6. The van der Waals surface area contributed by atoms with E-state index in [0.717, 1.165) is 49.6 Å². The molecule has 4 nitrogen and oxygen atoms in total. The molecule has 32 heavy (non-hydrogen) atoms. The third kappa shape index (κ3) is 4.03. The molecule has 1 aliphatic heterocycles. The SMILES string of the molecule is O=C(CN1C(=O)C(c2ccc(C(F)(F)F)cc2)=NC12CCCCC2)c1ccc(F)c(F)c1. The second kappa shape index (κ2) is 8.11. The predicted molar refractivity (Wildman–Crippen MR) is 106 cm³/mol. The Morgan fingerprint density at radius 3 is 2.22 bits per heavy atom. The number of benzene rings is 2. The molecule has 1 amide bonds. The van der Waals surface area contributed by atoms with Crippen LogP contribution in [0.1, 0.15) is 53.6 Å². The minimum Gasteiger partial charge on any atom is -0.305 e. The van der Waals surface area contributed by atoms with Crippen molar-refractivity contribution in [3.05, 3.63) is 70.8 Å². The van der Waals surface area contributed by atoms with Gasteiger partial charge in [0.1, 0.15) is 11.4 Å². The lowest BCUT2D eigenvalue weighted by atomic mass is 9.88. The zero-order valence-corrected chi connectivity index (χ0v) is 16.9. The normalized spacial score (nSPS) is 18.2. The van der Waals surface area contributed by atoms with Crippen molar-refractivity contribution < 1.29 is 31.5 Å². The second-order valence-electron chi connectivity index (χ2n) is 8.02. The van der Waals surface area contributed by atoms with E-state index in [-0.39, 0.29) is 16.8 Å². The van der Waals surface area contributed by atoms with Crippen LogP contribution in [0.15, 0.2) is 47.5 Å². The van der Waals surface area contributed by atoms with E-state index < -0.39 is 47.3 Å². The third-order valence-electron chi connectivity index (χ3n) is 5.95. The molecule has 0 radical (unpaired) electrons. The highest BCUT2D eigenvalue weighted by Crippen LogP contribution is 2.40. The third-order valence-corrected chi connectivity index (χ3v) is 5.95. The number of hydrogen-bond donors (Lipinski definition) is 0. The number of ketones is 1. The van der Waals surface area contributed by atoms with Crippen molar-refractivity contribution in [1.29, 1.82) is 0 Å². The van der Waals surface area contributed by atoms with Gasteiger partial charge in [-0.25, -0.2) is 8.78 Å². The summed E-state index contributed by atoms with van der Waals surface area (Å²) in [5.74, 6) is -3.40. The summed E-state index contributed by atoms with van der Waals surface area (Å²) in [5, 5.41) is 0. The van der Waals surface area contributed by atoms with E-state index in [1.165, 1.54) is 17.0 Å². The van der Waals surface area contributed by atoms with E-state index in [1.807, 2.05) is 0 Å². The minimum absolute atomic E-state index is 0.00119. The van der Waals surface area contributed by atoms with E-state index in [2.05, 4.69) is 4.99 Å². The second-order valence-corrected chi connectivity index (χ2v) is 8.02. The van der Waals surface area contributed by atoms with Gasteiger partial charge in [-0.3, -0.25) is 14.6 Å². The fourth-order valence-electron chi connectivity index (χ4n) is 4.26. The van der Waals surface area contributed by atoms with Gasteiger partial charge in [0.25, 0.3) is 5.91 Å². The summed E-state index contributed by atoms with van der Waals surface area (Å²) in [6.07, 6.45) is -1.01. The van der Waals surface area contributed by atoms with Gasteiger partial charge < -0.3 is 4.90 Å². The Balaban J connectivity index is 1.65. The van der Waals surface area contributed by atoms with Crippen LogP contribution in [0.4, 0.5) is 22.0 Å². The number of halogens is 5. The summed E-state index contributed by atoms with van der Waals surface area (Å²) < 4.78 is 65.4. The van der Waals surface area contributed by atoms with Crippen molar-refractivity contribution in [1.82, 2.24) is 4.90 Å². The van der Waals surface area contributed by atoms with Gasteiger partial charge >= 0.3 is 6.18 Å². The maximum absolute atomic E-state index is 13.6. The van der Waals surface area contributed by atoms with Crippen molar-refractivity contribution in [2.75, 3.05) is 6.54 Å². The van der Waals surface area contributed by atoms with Gasteiger partial charge in [-0.2, -0.15) is 13.2 Å². The molecule has 0 bridgehead atoms. The summed E-state index contributed by atoms with van der Waals surface area (Å²) in [5.41, 5.74) is -1.66. The summed E-state index contributed by atoms with van der Waals surface area (Å²) in [6.45, 7) is -0.391. The lowest BCUT2D eigenvalue weighted by Crippen LogP contribution is -2.50. The van der Waals surface area contributed by atoms with Crippen LogP contribution in [0.25, 0.3) is 0 Å². The van der Waals surface area contributed by atoms with E-state index in [1.54, 1.807) is 0 Å². The largest absolute Gasteiger partial charge is 0.416 e. The van der Waals surface area contributed by atoms with Crippen LogP contribution in [-0.2, 0) is 11.0 Å². The molecule has 2 aromatic rings. The molecular formula is C23H19F5N2O2. The zero-order chi connectivity index (χ0) is 23.1. The average molecular weight is 450 g/mol. The molecule has 1 saturated carbocycles. The number of hydrogen-bond acceptors (Lipinski definition) is 3. The highest BCUT2D eigenvalue weighted by atomic mass is 19.4. The predicted octanol–water partition coefficient (Wildman–Crippen LogP) is 5.16. The number of Topliss-reactive ketones (excluding diaryl/α,β-unsaturated/α-hetero) is 1. The van der Waals surface area contributed by atoms with Crippen LogP contribution in [0.2, 0.25) is 0 Å². The van der Waals surface area contributed by atoms with Gasteiger partial charge in [0.2, 0.25) is 0 Å². The Hall–Kier alpha value is -3.10. The van der Waals surface area contributed by atoms with Crippen molar-refractivity contribution in [2.45, 2.75) is 43.9 Å². The summed E-state index contributed by atoms with van der Waals surface area (Å²) in [6, 6.07) is 6.92. The first-order valence-electron chi connectivity index (χ1n) is 10.2. The summed E-state index contributed by atoms with van der Waals surface area (Å²) in [4.78, 5) is 31.9. The standard InChI is InChI=1S/C23H19F5N2O2/c24-17-9-6-15(12-18(17)25)19(31)13-30-21(32)20(29-22(30)10-2-1-3-11-22)14-4-7-16(8-5-14)23(26,27)28/h4-9,12H,1-3,10-11,13H2. The van der Waals surface area contributed by atoms with E-state index >= 15 is 0 Å². The van der Waals surface area contributed by atoms with E-state index in [9.17, 15) is 31.5 Å². The Labute approximate surface area is 180 Å². The Kier molecular flexibility index (Phi) is 5.60. The lowest BCUT2D eigenvalue weighted by Gasteiger charge is -2.38. The van der Waals surface area contributed by atoms with Gasteiger partial charge in [0, 0.05) is 11.1 Å². The topological polar surface area (TPSA) is 49.7 Å². The molecular weight excluding hydrogens is 431 g/mol. The molecule has 0 aromatic heterocycles. The first-order valence-corrected chi connectivity index (χ1v) is 10.2. The highest BCUT2D eigenvalue weighted by molar-refractivity contribution is 6.47. The Morgan fingerprint density at radius 2 is 1.62 bits per heavy atom. The molecule has 0 unspecified atom stereocenters. The van der Waals surface area contributed by atoms with Crippen LogP contribution in [0, 0.1) is 11.6 Å². The van der Waals surface area contributed by atoms with Crippen LogP contribution in [-0.4, -0.2) is 34.5 Å². The highest BCUT2D eigenvalue weighted by Gasteiger charge is 2.48. The number of amides is 1. The zero-order valence-electron chi connectivity index (χ0n) is 16.9. The summed E-state index contributed by atoms with van der Waals surface area (Å²) in [7, 11) is 0. The van der Waals surface area contributed by atoms with Crippen LogP contribution in [0.3, 0.4) is 0 Å².